The van der Waals surface area contributed by atoms with Crippen molar-refractivity contribution in [2.24, 2.45) is 0 Å². The van der Waals surface area contributed by atoms with Gasteiger partial charge in [0.05, 0.1) is 11.1 Å². The van der Waals surface area contributed by atoms with Gasteiger partial charge in [-0.25, -0.2) is 0 Å². The van der Waals surface area contributed by atoms with Crippen LogP contribution in [0.5, 0.6) is 0 Å². The number of carbonyl (C=O) groups is 2. The molecule has 2 N–H and O–H groups in total. The summed E-state index contributed by atoms with van der Waals surface area (Å²) in [4.78, 5) is 28.9. The van der Waals surface area contributed by atoms with E-state index in [0.717, 1.165) is 25.9 Å². The number of fused-ring (bicyclic) bond motifs is 1. The van der Waals surface area contributed by atoms with Crippen molar-refractivity contribution >= 4 is 17.5 Å². The monoisotopic (exact) mass is 287 g/mol. The Bertz CT molecular complexity index is 589. The Morgan fingerprint density at radius 1 is 1.14 bits per heavy atom. The maximum Gasteiger partial charge on any atom is 0.263 e. The summed E-state index contributed by atoms with van der Waals surface area (Å²) >= 11 is 0. The lowest BCUT2D eigenvalue weighted by Gasteiger charge is -2.37. The lowest BCUT2D eigenvalue weighted by atomic mass is 10.0. The van der Waals surface area contributed by atoms with Crippen molar-refractivity contribution in [1.82, 2.24) is 9.80 Å². The molecule has 0 bridgehead atoms. The van der Waals surface area contributed by atoms with E-state index in [-0.39, 0.29) is 17.9 Å². The van der Waals surface area contributed by atoms with E-state index in [1.54, 1.807) is 18.2 Å². The fourth-order valence-corrected chi connectivity index (χ4v) is 3.32. The third-order valence-electron chi connectivity index (χ3n) is 4.57. The third kappa shape index (κ3) is 2.21. The van der Waals surface area contributed by atoms with Crippen molar-refractivity contribution in [1.29, 1.82) is 0 Å². The van der Waals surface area contributed by atoms with E-state index in [4.69, 9.17) is 5.73 Å². The molecule has 0 aliphatic carbocycles. The molecule has 1 aromatic carbocycles. The summed E-state index contributed by atoms with van der Waals surface area (Å²) in [6.45, 7) is 6.18. The number of nitrogens with zero attached hydrogens (tertiary/aromatic N) is 2. The average Bonchev–Trinajstić information content (AvgIpc) is 2.72. The molecule has 21 heavy (non-hydrogen) atoms. The minimum atomic E-state index is -0.226. The van der Waals surface area contributed by atoms with Crippen molar-refractivity contribution < 1.29 is 9.59 Å². The molecule has 0 saturated carbocycles. The molecule has 2 aliphatic heterocycles. The first-order valence-corrected chi connectivity index (χ1v) is 7.51. The van der Waals surface area contributed by atoms with Gasteiger partial charge in [-0.1, -0.05) is 6.07 Å². The van der Waals surface area contributed by atoms with Crippen LogP contribution in [0.15, 0.2) is 18.2 Å². The van der Waals surface area contributed by atoms with Gasteiger partial charge in [-0.2, -0.15) is 0 Å². The van der Waals surface area contributed by atoms with E-state index in [1.165, 1.54) is 4.90 Å². The number of benzene rings is 1. The van der Waals surface area contributed by atoms with Gasteiger partial charge in [-0.15, -0.1) is 0 Å². The second kappa shape index (κ2) is 5.15. The molecular formula is C16H21N3O2. The lowest BCUT2D eigenvalue weighted by molar-refractivity contribution is 0.0483. The van der Waals surface area contributed by atoms with Gasteiger partial charge < -0.3 is 10.6 Å². The topological polar surface area (TPSA) is 66.6 Å². The van der Waals surface area contributed by atoms with Gasteiger partial charge in [0.2, 0.25) is 0 Å². The third-order valence-corrected chi connectivity index (χ3v) is 4.57. The van der Waals surface area contributed by atoms with E-state index in [9.17, 15) is 9.59 Å². The number of hydrogen-bond acceptors (Lipinski definition) is 4. The van der Waals surface area contributed by atoms with Crippen molar-refractivity contribution in [2.75, 3.05) is 18.8 Å². The minimum Gasteiger partial charge on any atom is -0.398 e. The number of imide groups is 1. The lowest BCUT2D eigenvalue weighted by Crippen LogP contribution is -2.48. The molecule has 1 aromatic rings. The molecule has 0 radical (unpaired) electrons. The minimum absolute atomic E-state index is 0.00759. The van der Waals surface area contributed by atoms with E-state index in [1.807, 2.05) is 0 Å². The first-order chi connectivity index (χ1) is 10.0. The summed E-state index contributed by atoms with van der Waals surface area (Å²) in [5, 5.41) is 0. The number of piperidine rings is 1. The maximum atomic E-state index is 12.6. The van der Waals surface area contributed by atoms with Gasteiger partial charge in [0.1, 0.15) is 0 Å². The Morgan fingerprint density at radius 3 is 2.38 bits per heavy atom. The number of likely N-dealkylation sites (tertiary alicyclic amines) is 1. The van der Waals surface area contributed by atoms with E-state index < -0.39 is 0 Å². The molecule has 2 aliphatic rings. The van der Waals surface area contributed by atoms with E-state index >= 15 is 0 Å². The summed E-state index contributed by atoms with van der Waals surface area (Å²) in [6, 6.07) is 5.59. The smallest absolute Gasteiger partial charge is 0.263 e. The van der Waals surface area contributed by atoms with Crippen LogP contribution in [0.2, 0.25) is 0 Å². The molecular weight excluding hydrogens is 266 g/mol. The molecule has 112 valence electrons. The molecule has 0 spiro atoms. The highest BCUT2D eigenvalue weighted by molar-refractivity contribution is 6.23. The molecule has 1 fully saturated rings. The van der Waals surface area contributed by atoms with Crippen LogP contribution in [0, 0.1) is 0 Å². The normalized spacial score (nSPS) is 20.4. The first kappa shape index (κ1) is 14.1. The number of nitrogen functional groups attached to an aromatic ring is 1. The number of nitrogens with two attached hydrogens (primary N) is 1. The van der Waals surface area contributed by atoms with Gasteiger partial charge in [-0.3, -0.25) is 14.5 Å². The molecule has 2 heterocycles. The van der Waals surface area contributed by atoms with Crippen LogP contribution in [0.25, 0.3) is 0 Å². The molecule has 5 heteroatoms. The van der Waals surface area contributed by atoms with Crippen molar-refractivity contribution in [3.8, 4) is 0 Å². The zero-order chi connectivity index (χ0) is 15.1. The fraction of sp³-hybridized carbons (Fsp3) is 0.500. The molecule has 3 rings (SSSR count). The number of amides is 2. The second-order valence-electron chi connectivity index (χ2n) is 6.11. The second-order valence-corrected chi connectivity index (χ2v) is 6.11. The Hall–Kier alpha value is -1.88. The molecule has 1 saturated heterocycles. The van der Waals surface area contributed by atoms with Crippen molar-refractivity contribution in [3.63, 3.8) is 0 Å². The number of hydrogen-bond donors (Lipinski definition) is 1. The summed E-state index contributed by atoms with van der Waals surface area (Å²) in [5.74, 6) is -0.415. The molecule has 5 nitrogen and oxygen atoms in total. The van der Waals surface area contributed by atoms with Crippen LogP contribution in [-0.4, -0.2) is 46.8 Å². The number of carbonyl (C=O) groups excluding carboxylic acids is 2. The van der Waals surface area contributed by atoms with E-state index in [2.05, 4.69) is 18.7 Å². The van der Waals surface area contributed by atoms with E-state index in [0.29, 0.717) is 22.9 Å². The van der Waals surface area contributed by atoms with Gasteiger partial charge in [0, 0.05) is 30.9 Å². The van der Waals surface area contributed by atoms with Crippen molar-refractivity contribution in [3.05, 3.63) is 29.3 Å². The summed E-state index contributed by atoms with van der Waals surface area (Å²) < 4.78 is 0. The van der Waals surface area contributed by atoms with Gasteiger partial charge in [0.25, 0.3) is 11.8 Å². The van der Waals surface area contributed by atoms with Gasteiger partial charge in [0.15, 0.2) is 0 Å². The molecule has 0 atom stereocenters. The van der Waals surface area contributed by atoms with Crippen LogP contribution in [0.1, 0.15) is 47.4 Å². The summed E-state index contributed by atoms with van der Waals surface area (Å²) in [5.41, 5.74) is 7.10. The van der Waals surface area contributed by atoms with Crippen LogP contribution in [-0.2, 0) is 0 Å². The Labute approximate surface area is 124 Å². The Kier molecular flexibility index (Phi) is 3.45. The predicted molar refractivity (Wildman–Crippen MR) is 81.1 cm³/mol. The number of anilines is 1. The maximum absolute atomic E-state index is 12.6. The highest BCUT2D eigenvalue weighted by Gasteiger charge is 2.42. The van der Waals surface area contributed by atoms with Crippen LogP contribution < -0.4 is 5.73 Å². The molecule has 0 unspecified atom stereocenters. The average molecular weight is 287 g/mol. The van der Waals surface area contributed by atoms with Crippen LogP contribution >= 0.6 is 0 Å². The zero-order valence-electron chi connectivity index (χ0n) is 12.5. The molecule has 0 aromatic heterocycles. The largest absolute Gasteiger partial charge is 0.398 e. The van der Waals surface area contributed by atoms with Crippen LogP contribution in [0.3, 0.4) is 0 Å². The Morgan fingerprint density at radius 2 is 1.81 bits per heavy atom. The Balaban J connectivity index is 1.82. The van der Waals surface area contributed by atoms with Gasteiger partial charge >= 0.3 is 0 Å². The summed E-state index contributed by atoms with van der Waals surface area (Å²) in [6.07, 6.45) is 1.67. The quantitative estimate of drug-likeness (QED) is 0.664. The highest BCUT2D eigenvalue weighted by Crippen LogP contribution is 2.31. The zero-order valence-corrected chi connectivity index (χ0v) is 12.5. The SMILES string of the molecule is CC(C)N1CCC(N2C(=O)c3cccc(N)c3C2=O)CC1. The van der Waals surface area contributed by atoms with Crippen molar-refractivity contribution in [2.45, 2.75) is 38.8 Å². The van der Waals surface area contributed by atoms with Gasteiger partial charge in [-0.05, 0) is 38.8 Å². The van der Waals surface area contributed by atoms with Crippen LogP contribution in [0.4, 0.5) is 5.69 Å². The standard InChI is InChI=1S/C16H21N3O2/c1-10(2)18-8-6-11(7-9-18)19-15(20)12-4-3-5-13(17)14(12)16(19)21/h3-5,10-11H,6-9,17H2,1-2H3. The fourth-order valence-electron chi connectivity index (χ4n) is 3.32. The molecule has 2 amide bonds. The predicted octanol–water partition coefficient (Wildman–Crippen LogP) is 1.74. The summed E-state index contributed by atoms with van der Waals surface area (Å²) in [7, 11) is 0. The first-order valence-electron chi connectivity index (χ1n) is 7.51. The highest BCUT2D eigenvalue weighted by atomic mass is 16.2. The number of rotatable bonds is 2.